The molecule has 0 saturated carbocycles. The molecule has 1 saturated heterocycles. The van der Waals surface area contributed by atoms with Gasteiger partial charge in [-0.1, -0.05) is 6.07 Å². The lowest BCUT2D eigenvalue weighted by molar-refractivity contribution is 0.0793. The van der Waals surface area contributed by atoms with Crippen molar-refractivity contribution in [2.24, 2.45) is 0 Å². The van der Waals surface area contributed by atoms with E-state index in [-0.39, 0.29) is 5.91 Å². The van der Waals surface area contributed by atoms with Gasteiger partial charge in [-0.3, -0.25) is 4.79 Å². The van der Waals surface area contributed by atoms with Crippen LogP contribution in [0, 0.1) is 0 Å². The van der Waals surface area contributed by atoms with Gasteiger partial charge in [-0.15, -0.1) is 22.7 Å². The molecule has 0 unspecified atom stereocenters. The predicted molar refractivity (Wildman–Crippen MR) is 102 cm³/mol. The first-order valence-corrected chi connectivity index (χ1v) is 10.0. The van der Waals surface area contributed by atoms with Crippen molar-refractivity contribution in [1.29, 1.82) is 0 Å². The SMILES string of the molecule is O=C(c1cccnc1NCc1csc(-c2cccs2)n1)N1CCCC1. The van der Waals surface area contributed by atoms with Crippen LogP contribution in [0.5, 0.6) is 0 Å². The summed E-state index contributed by atoms with van der Waals surface area (Å²) in [5, 5.41) is 8.41. The second-order valence-electron chi connectivity index (χ2n) is 5.87. The van der Waals surface area contributed by atoms with Crippen LogP contribution in [0.2, 0.25) is 0 Å². The first-order valence-electron chi connectivity index (χ1n) is 8.28. The zero-order chi connectivity index (χ0) is 17.1. The number of pyridine rings is 1. The van der Waals surface area contributed by atoms with E-state index in [2.05, 4.69) is 26.7 Å². The Kier molecular flexibility index (Phi) is 4.76. The lowest BCUT2D eigenvalue weighted by Crippen LogP contribution is -2.28. The van der Waals surface area contributed by atoms with Crippen LogP contribution in [-0.2, 0) is 6.54 Å². The summed E-state index contributed by atoms with van der Waals surface area (Å²) in [6.07, 6.45) is 3.87. The first-order chi connectivity index (χ1) is 12.3. The number of hydrogen-bond donors (Lipinski definition) is 1. The van der Waals surface area contributed by atoms with E-state index in [1.807, 2.05) is 28.5 Å². The van der Waals surface area contributed by atoms with Crippen LogP contribution < -0.4 is 5.32 Å². The normalized spacial score (nSPS) is 14.0. The fourth-order valence-electron chi connectivity index (χ4n) is 2.89. The number of rotatable bonds is 5. The van der Waals surface area contributed by atoms with Crippen LogP contribution in [0.1, 0.15) is 28.9 Å². The fraction of sp³-hybridized carbons (Fsp3) is 0.278. The average molecular weight is 371 g/mol. The molecule has 5 nitrogen and oxygen atoms in total. The Balaban J connectivity index is 1.47. The number of anilines is 1. The molecule has 0 aliphatic carbocycles. The predicted octanol–water partition coefficient (Wildman–Crippen LogP) is 4.11. The summed E-state index contributed by atoms with van der Waals surface area (Å²) in [7, 11) is 0. The standard InChI is InChI=1S/C18H18N4OS2/c23-18(22-8-1-2-9-22)14-5-3-7-19-16(14)20-11-13-12-25-17(21-13)15-6-4-10-24-15/h3-7,10,12H,1-2,8-9,11H2,(H,19,20). The average Bonchev–Trinajstić information content (AvgIpc) is 3.41. The van der Waals surface area contributed by atoms with E-state index < -0.39 is 0 Å². The Morgan fingerprint density at radius 1 is 1.20 bits per heavy atom. The van der Waals surface area contributed by atoms with Crippen LogP contribution >= 0.6 is 22.7 Å². The number of thiazole rings is 1. The molecule has 1 aliphatic heterocycles. The molecular weight excluding hydrogens is 352 g/mol. The Morgan fingerprint density at radius 2 is 2.08 bits per heavy atom. The third-order valence-electron chi connectivity index (χ3n) is 4.15. The van der Waals surface area contributed by atoms with Crippen LogP contribution in [0.4, 0.5) is 5.82 Å². The van der Waals surface area contributed by atoms with E-state index in [0.717, 1.165) is 36.6 Å². The van der Waals surface area contributed by atoms with Crippen LogP contribution in [0.3, 0.4) is 0 Å². The van der Waals surface area contributed by atoms with Crippen molar-refractivity contribution in [3.8, 4) is 9.88 Å². The number of carbonyl (C=O) groups excluding carboxylic acids is 1. The highest BCUT2D eigenvalue weighted by atomic mass is 32.1. The molecule has 25 heavy (non-hydrogen) atoms. The van der Waals surface area contributed by atoms with Gasteiger partial charge in [-0.2, -0.15) is 0 Å². The molecule has 128 valence electrons. The van der Waals surface area contributed by atoms with Crippen LogP contribution in [0.25, 0.3) is 9.88 Å². The highest BCUT2D eigenvalue weighted by molar-refractivity contribution is 7.20. The molecule has 1 N–H and O–H groups in total. The summed E-state index contributed by atoms with van der Waals surface area (Å²) < 4.78 is 0. The zero-order valence-corrected chi connectivity index (χ0v) is 15.3. The molecule has 7 heteroatoms. The first kappa shape index (κ1) is 16.2. The molecule has 1 fully saturated rings. The van der Waals surface area contributed by atoms with Crippen molar-refractivity contribution in [2.45, 2.75) is 19.4 Å². The second kappa shape index (κ2) is 7.33. The van der Waals surface area contributed by atoms with Crippen LogP contribution in [-0.4, -0.2) is 33.9 Å². The maximum absolute atomic E-state index is 12.7. The number of thiophene rings is 1. The molecule has 0 atom stereocenters. The van der Waals surface area contributed by atoms with Crippen molar-refractivity contribution in [3.05, 3.63) is 52.5 Å². The molecular formula is C18H18N4OS2. The Labute approximate surface area is 154 Å². The molecule has 0 spiro atoms. The molecule has 0 aromatic carbocycles. The number of nitrogens with one attached hydrogen (secondary N) is 1. The monoisotopic (exact) mass is 370 g/mol. The summed E-state index contributed by atoms with van der Waals surface area (Å²) in [4.78, 5) is 24.8. The van der Waals surface area contributed by atoms with Crippen molar-refractivity contribution < 1.29 is 4.79 Å². The fourth-order valence-corrected chi connectivity index (χ4v) is 4.52. The van der Waals surface area contributed by atoms with Gasteiger partial charge >= 0.3 is 0 Å². The van der Waals surface area contributed by atoms with Gasteiger partial charge in [0, 0.05) is 24.7 Å². The van der Waals surface area contributed by atoms with Gasteiger partial charge in [0.05, 0.1) is 22.7 Å². The molecule has 4 rings (SSSR count). The molecule has 3 aromatic heterocycles. The van der Waals surface area contributed by atoms with Gasteiger partial charge in [0.15, 0.2) is 0 Å². The Morgan fingerprint density at radius 3 is 2.88 bits per heavy atom. The summed E-state index contributed by atoms with van der Waals surface area (Å²) >= 11 is 3.33. The summed E-state index contributed by atoms with van der Waals surface area (Å²) in [5.74, 6) is 0.690. The number of aromatic nitrogens is 2. The van der Waals surface area contributed by atoms with Gasteiger partial charge in [0.25, 0.3) is 5.91 Å². The van der Waals surface area contributed by atoms with Crippen molar-refractivity contribution in [2.75, 3.05) is 18.4 Å². The lowest BCUT2D eigenvalue weighted by Gasteiger charge is -2.17. The minimum atomic E-state index is 0.0608. The molecule has 3 aromatic rings. The molecule has 4 heterocycles. The van der Waals surface area contributed by atoms with Gasteiger partial charge in [-0.05, 0) is 36.4 Å². The van der Waals surface area contributed by atoms with Gasteiger partial charge in [-0.25, -0.2) is 9.97 Å². The van der Waals surface area contributed by atoms with E-state index in [4.69, 9.17) is 0 Å². The third kappa shape index (κ3) is 3.57. The number of likely N-dealkylation sites (tertiary alicyclic amines) is 1. The molecule has 0 radical (unpaired) electrons. The Hall–Kier alpha value is -2.25. The summed E-state index contributed by atoms with van der Waals surface area (Å²) in [6.45, 7) is 2.23. The maximum Gasteiger partial charge on any atom is 0.257 e. The molecule has 1 aliphatic rings. The van der Waals surface area contributed by atoms with Crippen molar-refractivity contribution >= 4 is 34.4 Å². The van der Waals surface area contributed by atoms with E-state index in [0.29, 0.717) is 17.9 Å². The largest absolute Gasteiger partial charge is 0.364 e. The quantitative estimate of drug-likeness (QED) is 0.734. The van der Waals surface area contributed by atoms with E-state index >= 15 is 0 Å². The number of amides is 1. The van der Waals surface area contributed by atoms with E-state index in [9.17, 15) is 4.79 Å². The van der Waals surface area contributed by atoms with Gasteiger partial charge < -0.3 is 10.2 Å². The third-order valence-corrected chi connectivity index (χ3v) is 6.08. The number of carbonyl (C=O) groups is 1. The number of hydrogen-bond acceptors (Lipinski definition) is 6. The zero-order valence-electron chi connectivity index (χ0n) is 13.6. The highest BCUT2D eigenvalue weighted by Crippen LogP contribution is 2.28. The highest BCUT2D eigenvalue weighted by Gasteiger charge is 2.22. The van der Waals surface area contributed by atoms with E-state index in [1.54, 1.807) is 28.9 Å². The number of nitrogens with zero attached hydrogens (tertiary/aromatic N) is 3. The summed E-state index contributed by atoms with van der Waals surface area (Å²) in [6, 6.07) is 7.76. The van der Waals surface area contributed by atoms with E-state index in [1.165, 1.54) is 4.88 Å². The maximum atomic E-state index is 12.7. The minimum absolute atomic E-state index is 0.0608. The van der Waals surface area contributed by atoms with Gasteiger partial charge in [0.2, 0.25) is 0 Å². The van der Waals surface area contributed by atoms with Crippen LogP contribution in [0.15, 0.2) is 41.2 Å². The van der Waals surface area contributed by atoms with Crippen molar-refractivity contribution in [1.82, 2.24) is 14.9 Å². The molecule has 0 bridgehead atoms. The smallest absolute Gasteiger partial charge is 0.257 e. The van der Waals surface area contributed by atoms with Crippen molar-refractivity contribution in [3.63, 3.8) is 0 Å². The molecule has 1 amide bonds. The summed E-state index contributed by atoms with van der Waals surface area (Å²) in [5.41, 5.74) is 1.59. The minimum Gasteiger partial charge on any atom is -0.364 e. The topological polar surface area (TPSA) is 58.1 Å². The second-order valence-corrected chi connectivity index (χ2v) is 7.68. The Bertz CT molecular complexity index is 854. The van der Waals surface area contributed by atoms with Gasteiger partial charge in [0.1, 0.15) is 10.8 Å². The lowest BCUT2D eigenvalue weighted by atomic mass is 10.2.